The summed E-state index contributed by atoms with van der Waals surface area (Å²) in [6, 6.07) is 2.18. The SMILES string of the molecule is COc1ncccc1[B-](F)(F)F.[K+]. The fourth-order valence-electron chi connectivity index (χ4n) is 0.823. The van der Waals surface area contributed by atoms with Crippen molar-refractivity contribution in [3.8, 4) is 5.88 Å². The molecule has 0 aliphatic heterocycles. The van der Waals surface area contributed by atoms with E-state index in [1.807, 2.05) is 0 Å². The van der Waals surface area contributed by atoms with Crippen LogP contribution in [0.15, 0.2) is 18.3 Å². The summed E-state index contributed by atoms with van der Waals surface area (Å²) in [6.45, 7) is -5.03. The van der Waals surface area contributed by atoms with Crippen LogP contribution in [-0.4, -0.2) is 19.1 Å². The fraction of sp³-hybridized carbons (Fsp3) is 0.167. The van der Waals surface area contributed by atoms with Crippen LogP contribution in [0.25, 0.3) is 0 Å². The van der Waals surface area contributed by atoms with Gasteiger partial charge in [-0.05, 0) is 11.5 Å². The van der Waals surface area contributed by atoms with Crippen molar-refractivity contribution in [2.75, 3.05) is 7.11 Å². The first kappa shape index (κ1) is 13.4. The molecule has 0 spiro atoms. The van der Waals surface area contributed by atoms with Gasteiger partial charge in [-0.25, -0.2) is 4.98 Å². The molecule has 1 aromatic heterocycles. The largest absolute Gasteiger partial charge is 1.00 e. The Morgan fingerprint density at radius 3 is 2.38 bits per heavy atom. The van der Waals surface area contributed by atoms with Crippen LogP contribution in [0.1, 0.15) is 0 Å². The number of rotatable bonds is 2. The smallest absolute Gasteiger partial charge is 0.483 e. The van der Waals surface area contributed by atoms with Gasteiger partial charge in [-0.2, -0.15) is 0 Å². The first-order valence-corrected chi connectivity index (χ1v) is 3.24. The van der Waals surface area contributed by atoms with Crippen molar-refractivity contribution in [2.24, 2.45) is 0 Å². The summed E-state index contributed by atoms with van der Waals surface area (Å²) in [5.41, 5.74) is -0.792. The molecule has 66 valence electrons. The third-order valence-corrected chi connectivity index (χ3v) is 1.35. The maximum absolute atomic E-state index is 12.2. The topological polar surface area (TPSA) is 22.1 Å². The monoisotopic (exact) mass is 215 g/mol. The zero-order valence-electron chi connectivity index (χ0n) is 7.30. The van der Waals surface area contributed by atoms with Crippen LogP contribution in [-0.2, 0) is 0 Å². The Bertz CT molecular complexity index is 281. The second-order valence-electron chi connectivity index (χ2n) is 2.18. The summed E-state index contributed by atoms with van der Waals surface area (Å²) in [5, 5.41) is 0. The molecule has 0 aromatic carbocycles. The third kappa shape index (κ3) is 3.59. The summed E-state index contributed by atoms with van der Waals surface area (Å²) < 4.78 is 41.0. The second-order valence-corrected chi connectivity index (χ2v) is 2.18. The van der Waals surface area contributed by atoms with Gasteiger partial charge in [-0.1, -0.05) is 6.07 Å². The Morgan fingerprint density at radius 2 is 2.00 bits per heavy atom. The zero-order chi connectivity index (χ0) is 9.19. The quantitative estimate of drug-likeness (QED) is 0.540. The number of ether oxygens (including phenoxy) is 1. The van der Waals surface area contributed by atoms with Gasteiger partial charge in [0.15, 0.2) is 5.88 Å². The molecular formula is C6H6BF3KNO. The Kier molecular flexibility index (Phi) is 5.54. The molecule has 0 saturated carbocycles. The van der Waals surface area contributed by atoms with Crippen LogP contribution in [0.5, 0.6) is 5.88 Å². The van der Waals surface area contributed by atoms with E-state index in [9.17, 15) is 12.9 Å². The van der Waals surface area contributed by atoms with E-state index in [-0.39, 0.29) is 57.3 Å². The number of hydrogen-bond acceptors (Lipinski definition) is 2. The van der Waals surface area contributed by atoms with E-state index >= 15 is 0 Å². The molecule has 7 heteroatoms. The van der Waals surface area contributed by atoms with Gasteiger partial charge >= 0.3 is 58.4 Å². The molecule has 1 rings (SSSR count). The standard InChI is InChI=1S/C6H6BF3NO.K/c1-12-6-5(7(8,9)10)3-2-4-11-6;/h2-4H,1H3;/q-1;+1. The van der Waals surface area contributed by atoms with Crippen LogP contribution >= 0.6 is 0 Å². The number of nitrogens with zero attached hydrogens (tertiary/aromatic N) is 1. The Hall–Kier alpha value is 0.441. The minimum atomic E-state index is -5.03. The van der Waals surface area contributed by atoms with Crippen molar-refractivity contribution < 1.29 is 69.1 Å². The van der Waals surface area contributed by atoms with Gasteiger partial charge in [0.25, 0.3) is 0 Å². The van der Waals surface area contributed by atoms with Gasteiger partial charge in [0.2, 0.25) is 0 Å². The molecule has 0 unspecified atom stereocenters. The number of hydrogen-bond donors (Lipinski definition) is 0. The number of aromatic nitrogens is 1. The molecular weight excluding hydrogens is 209 g/mol. The van der Waals surface area contributed by atoms with E-state index in [1.54, 1.807) is 0 Å². The van der Waals surface area contributed by atoms with E-state index < -0.39 is 12.4 Å². The minimum absolute atomic E-state index is 0. The molecule has 2 nitrogen and oxygen atoms in total. The molecule has 1 heterocycles. The maximum atomic E-state index is 12.2. The Labute approximate surface area is 116 Å². The molecule has 0 bridgehead atoms. The average Bonchev–Trinajstić information content (AvgIpc) is 2.03. The number of pyridine rings is 1. The van der Waals surface area contributed by atoms with Gasteiger partial charge < -0.3 is 17.7 Å². The van der Waals surface area contributed by atoms with E-state index in [4.69, 9.17) is 0 Å². The van der Waals surface area contributed by atoms with Gasteiger partial charge in [-0.3, -0.25) is 0 Å². The van der Waals surface area contributed by atoms with Crippen molar-refractivity contribution in [3.63, 3.8) is 0 Å². The van der Waals surface area contributed by atoms with Gasteiger partial charge in [0.1, 0.15) is 0 Å². The summed E-state index contributed by atoms with van der Waals surface area (Å²) in [7, 11) is 1.16. The predicted octanol–water partition coefficient (Wildman–Crippen LogP) is -1.85. The van der Waals surface area contributed by atoms with Crippen LogP contribution < -0.4 is 61.6 Å². The van der Waals surface area contributed by atoms with Crippen LogP contribution in [0.2, 0.25) is 0 Å². The summed E-state index contributed by atoms with van der Waals surface area (Å²) >= 11 is 0. The Morgan fingerprint density at radius 1 is 1.38 bits per heavy atom. The maximum Gasteiger partial charge on any atom is 1.00 e. The van der Waals surface area contributed by atoms with Crippen molar-refractivity contribution in [3.05, 3.63) is 18.3 Å². The number of methoxy groups -OCH3 is 1. The molecule has 0 radical (unpaired) electrons. The normalized spacial score (nSPS) is 10.5. The summed E-state index contributed by atoms with van der Waals surface area (Å²) in [4.78, 5) is 3.44. The van der Waals surface area contributed by atoms with Crippen LogP contribution in [0.3, 0.4) is 0 Å². The molecule has 1 aromatic rings. The predicted molar refractivity (Wildman–Crippen MR) is 39.5 cm³/mol. The van der Waals surface area contributed by atoms with Crippen molar-refractivity contribution in [1.29, 1.82) is 0 Å². The second kappa shape index (κ2) is 5.35. The first-order valence-electron chi connectivity index (χ1n) is 3.24. The molecule has 0 aliphatic rings. The van der Waals surface area contributed by atoms with Crippen LogP contribution in [0, 0.1) is 0 Å². The molecule has 0 atom stereocenters. The molecule has 0 amide bonds. The van der Waals surface area contributed by atoms with E-state index in [0.29, 0.717) is 0 Å². The molecule has 0 N–H and O–H groups in total. The third-order valence-electron chi connectivity index (χ3n) is 1.35. The molecule has 0 aliphatic carbocycles. The minimum Gasteiger partial charge on any atom is -0.483 e. The van der Waals surface area contributed by atoms with Gasteiger partial charge in [0.05, 0.1) is 7.11 Å². The fourth-order valence-corrected chi connectivity index (χ4v) is 0.823. The van der Waals surface area contributed by atoms with Crippen molar-refractivity contribution >= 4 is 12.4 Å². The number of halogens is 3. The zero-order valence-corrected chi connectivity index (χ0v) is 10.4. The average molecular weight is 215 g/mol. The Balaban J connectivity index is 0.00000144. The van der Waals surface area contributed by atoms with E-state index in [2.05, 4.69) is 9.72 Å². The molecule has 0 saturated heterocycles. The molecule has 13 heavy (non-hydrogen) atoms. The van der Waals surface area contributed by atoms with Crippen molar-refractivity contribution in [2.45, 2.75) is 0 Å². The summed E-state index contributed by atoms with van der Waals surface area (Å²) in [6.07, 6.45) is 1.25. The molecule has 0 fully saturated rings. The first-order chi connectivity index (χ1) is 5.55. The van der Waals surface area contributed by atoms with E-state index in [1.165, 1.54) is 12.3 Å². The summed E-state index contributed by atoms with van der Waals surface area (Å²) in [5.74, 6) is -0.370. The van der Waals surface area contributed by atoms with Crippen LogP contribution in [0.4, 0.5) is 12.9 Å². The van der Waals surface area contributed by atoms with Crippen molar-refractivity contribution in [1.82, 2.24) is 4.98 Å². The van der Waals surface area contributed by atoms with Gasteiger partial charge in [0, 0.05) is 6.20 Å². The van der Waals surface area contributed by atoms with E-state index in [0.717, 1.165) is 13.2 Å². The van der Waals surface area contributed by atoms with Gasteiger partial charge in [-0.15, -0.1) is 0 Å².